The smallest absolute Gasteiger partial charge is 0.167 e. The van der Waals surface area contributed by atoms with Gasteiger partial charge in [0, 0.05) is 17.4 Å². The number of Topliss-reactive ketones (excluding diaryl/α,β-unsaturated/α-hetero) is 1. The first-order valence-corrected chi connectivity index (χ1v) is 4.50. The lowest BCUT2D eigenvalue weighted by atomic mass is 10.0. The number of hydrogen-bond acceptors (Lipinski definition) is 1. The zero-order chi connectivity index (χ0) is 9.71. The second-order valence-corrected chi connectivity index (χ2v) is 3.53. The molecule has 0 radical (unpaired) electrons. The molecule has 0 bridgehead atoms. The van der Waals surface area contributed by atoms with Crippen molar-refractivity contribution < 1.29 is 9.18 Å². The molecule has 0 saturated carbocycles. The minimum Gasteiger partial charge on any atom is -0.294 e. The second kappa shape index (κ2) is 2.41. The van der Waals surface area contributed by atoms with Gasteiger partial charge in [-0.2, -0.15) is 0 Å². The highest BCUT2D eigenvalue weighted by Crippen LogP contribution is 2.31. The van der Waals surface area contributed by atoms with Gasteiger partial charge in [-0.25, -0.2) is 4.39 Å². The summed E-state index contributed by atoms with van der Waals surface area (Å²) < 4.78 is 13.4. The molecule has 1 nitrogen and oxygen atoms in total. The largest absolute Gasteiger partial charge is 0.294 e. The van der Waals surface area contributed by atoms with E-state index < -0.39 is 0 Å². The van der Waals surface area contributed by atoms with Crippen molar-refractivity contribution in [1.82, 2.24) is 0 Å². The predicted octanol–water partition coefficient (Wildman–Crippen LogP) is 2.72. The molecule has 1 aliphatic rings. The van der Waals surface area contributed by atoms with E-state index in [0.29, 0.717) is 17.4 Å². The van der Waals surface area contributed by atoms with Gasteiger partial charge in [0.15, 0.2) is 5.78 Å². The minimum atomic E-state index is -0.250. The number of carbonyl (C=O) groups excluding carboxylic acids is 1. The summed E-state index contributed by atoms with van der Waals surface area (Å²) >= 11 is 0. The number of halogens is 1. The number of rotatable bonds is 0. The lowest BCUT2D eigenvalue weighted by molar-refractivity contribution is 0.1000. The molecule has 0 aromatic heterocycles. The highest BCUT2D eigenvalue weighted by Gasteiger charge is 2.22. The van der Waals surface area contributed by atoms with Crippen LogP contribution in [0.1, 0.15) is 15.9 Å². The van der Waals surface area contributed by atoms with E-state index in [9.17, 15) is 9.18 Å². The van der Waals surface area contributed by atoms with Crippen molar-refractivity contribution in [3.8, 4) is 0 Å². The molecule has 68 valence electrons. The summed E-state index contributed by atoms with van der Waals surface area (Å²) in [6.45, 7) is 0. The molecule has 2 heteroatoms. The van der Waals surface area contributed by atoms with E-state index in [2.05, 4.69) is 0 Å². The molecular weight excluding hydrogens is 179 g/mol. The van der Waals surface area contributed by atoms with Crippen molar-refractivity contribution in [2.75, 3.05) is 0 Å². The Hall–Kier alpha value is -1.70. The Kier molecular flexibility index (Phi) is 1.32. The van der Waals surface area contributed by atoms with Gasteiger partial charge >= 0.3 is 0 Å². The number of hydrogen-bond donors (Lipinski definition) is 0. The van der Waals surface area contributed by atoms with Crippen LogP contribution in [0.15, 0.2) is 30.3 Å². The minimum absolute atomic E-state index is 0.0937. The first kappa shape index (κ1) is 7.68. The van der Waals surface area contributed by atoms with Crippen LogP contribution in [0.5, 0.6) is 0 Å². The van der Waals surface area contributed by atoms with Crippen LogP contribution < -0.4 is 0 Å². The molecule has 0 atom stereocenters. The van der Waals surface area contributed by atoms with Crippen LogP contribution in [0, 0.1) is 5.82 Å². The van der Waals surface area contributed by atoms with E-state index >= 15 is 0 Å². The molecule has 0 fully saturated rings. The lowest BCUT2D eigenvalue weighted by Gasteiger charge is -2.00. The predicted molar refractivity (Wildman–Crippen MR) is 51.9 cm³/mol. The standard InChI is InChI=1S/C12H7FO/c13-10-5-4-9-11(14)6-7-2-1-3-8(10)12(7)9/h1-5H,6H2. The fraction of sp³-hybridized carbons (Fsp3) is 0.0833. The van der Waals surface area contributed by atoms with Crippen LogP contribution in [0.4, 0.5) is 4.39 Å². The Balaban J connectivity index is 2.59. The van der Waals surface area contributed by atoms with E-state index in [4.69, 9.17) is 0 Å². The number of carbonyl (C=O) groups is 1. The lowest BCUT2D eigenvalue weighted by Crippen LogP contribution is -1.93. The van der Waals surface area contributed by atoms with Gasteiger partial charge in [-0.15, -0.1) is 0 Å². The zero-order valence-corrected chi connectivity index (χ0v) is 7.38. The summed E-state index contributed by atoms with van der Waals surface area (Å²) in [6, 6.07) is 8.34. The Labute approximate surface area is 80.2 Å². The van der Waals surface area contributed by atoms with Gasteiger partial charge in [-0.1, -0.05) is 18.2 Å². The molecule has 2 aromatic carbocycles. The normalized spacial score (nSPS) is 13.9. The summed E-state index contributed by atoms with van der Waals surface area (Å²) in [5.41, 5.74) is 1.61. The van der Waals surface area contributed by atoms with Crippen LogP contribution >= 0.6 is 0 Å². The summed E-state index contributed by atoms with van der Waals surface area (Å²) in [6.07, 6.45) is 0.413. The van der Waals surface area contributed by atoms with Crippen molar-refractivity contribution in [3.05, 3.63) is 47.3 Å². The molecular formula is C12H7FO. The maximum atomic E-state index is 13.4. The molecule has 14 heavy (non-hydrogen) atoms. The highest BCUT2D eigenvalue weighted by molar-refractivity contribution is 6.15. The van der Waals surface area contributed by atoms with Gasteiger partial charge in [0.05, 0.1) is 0 Å². The van der Waals surface area contributed by atoms with Crippen molar-refractivity contribution in [1.29, 1.82) is 0 Å². The first-order valence-electron chi connectivity index (χ1n) is 4.50. The van der Waals surface area contributed by atoms with E-state index in [1.54, 1.807) is 18.2 Å². The highest BCUT2D eigenvalue weighted by atomic mass is 19.1. The van der Waals surface area contributed by atoms with Crippen LogP contribution in [0.2, 0.25) is 0 Å². The van der Waals surface area contributed by atoms with Crippen LogP contribution in [-0.2, 0) is 6.42 Å². The van der Waals surface area contributed by atoms with Gasteiger partial charge in [-0.05, 0) is 23.1 Å². The van der Waals surface area contributed by atoms with E-state index in [0.717, 1.165) is 10.9 Å². The van der Waals surface area contributed by atoms with E-state index in [1.807, 2.05) is 6.07 Å². The number of benzene rings is 2. The molecule has 0 N–H and O–H groups in total. The molecule has 0 spiro atoms. The monoisotopic (exact) mass is 186 g/mol. The molecule has 0 unspecified atom stereocenters. The van der Waals surface area contributed by atoms with Gasteiger partial charge in [0.25, 0.3) is 0 Å². The Morgan fingerprint density at radius 1 is 1.14 bits per heavy atom. The Bertz CT molecular complexity index is 557. The maximum Gasteiger partial charge on any atom is 0.167 e. The molecule has 1 aliphatic carbocycles. The number of ketones is 1. The van der Waals surface area contributed by atoms with Crippen molar-refractivity contribution in [3.63, 3.8) is 0 Å². The van der Waals surface area contributed by atoms with Gasteiger partial charge in [0.1, 0.15) is 5.82 Å². The quantitative estimate of drug-likeness (QED) is 0.618. The molecule has 0 amide bonds. The topological polar surface area (TPSA) is 17.1 Å². The van der Waals surface area contributed by atoms with Crippen molar-refractivity contribution in [2.45, 2.75) is 6.42 Å². The molecule has 0 aliphatic heterocycles. The third kappa shape index (κ3) is 0.803. The first-order chi connectivity index (χ1) is 6.77. The van der Waals surface area contributed by atoms with Crippen LogP contribution in [-0.4, -0.2) is 5.78 Å². The Morgan fingerprint density at radius 3 is 2.86 bits per heavy atom. The average molecular weight is 186 g/mol. The zero-order valence-electron chi connectivity index (χ0n) is 7.38. The fourth-order valence-electron chi connectivity index (χ4n) is 2.09. The van der Waals surface area contributed by atoms with E-state index in [1.165, 1.54) is 6.07 Å². The molecule has 2 aromatic rings. The van der Waals surface area contributed by atoms with Gasteiger partial charge in [-0.3, -0.25) is 4.79 Å². The SMILES string of the molecule is O=C1Cc2cccc3c(F)ccc1c23. The maximum absolute atomic E-state index is 13.4. The average Bonchev–Trinajstić information content (AvgIpc) is 2.50. The third-order valence-corrected chi connectivity index (χ3v) is 2.73. The molecule has 0 saturated heterocycles. The second-order valence-electron chi connectivity index (χ2n) is 3.53. The van der Waals surface area contributed by atoms with Gasteiger partial charge < -0.3 is 0 Å². The van der Waals surface area contributed by atoms with Crippen molar-refractivity contribution in [2.24, 2.45) is 0 Å². The summed E-state index contributed by atoms with van der Waals surface area (Å²) in [5.74, 6) is -0.156. The third-order valence-electron chi connectivity index (χ3n) is 2.73. The fourth-order valence-corrected chi connectivity index (χ4v) is 2.09. The van der Waals surface area contributed by atoms with Crippen LogP contribution in [0.25, 0.3) is 10.8 Å². The van der Waals surface area contributed by atoms with Gasteiger partial charge in [0.2, 0.25) is 0 Å². The molecule has 3 rings (SSSR count). The summed E-state index contributed by atoms with van der Waals surface area (Å²) in [5, 5.41) is 1.36. The van der Waals surface area contributed by atoms with E-state index in [-0.39, 0.29) is 11.6 Å². The van der Waals surface area contributed by atoms with Crippen LogP contribution in [0.3, 0.4) is 0 Å². The summed E-state index contributed by atoms with van der Waals surface area (Å²) in [7, 11) is 0. The molecule has 0 heterocycles. The Morgan fingerprint density at radius 2 is 2.00 bits per heavy atom. The van der Waals surface area contributed by atoms with Crippen molar-refractivity contribution >= 4 is 16.6 Å². The summed E-state index contributed by atoms with van der Waals surface area (Å²) in [4.78, 5) is 11.5.